The summed E-state index contributed by atoms with van der Waals surface area (Å²) < 4.78 is 15.8. The first-order valence-electron chi connectivity index (χ1n) is 8.83. The number of nitrogens with zero attached hydrogens (tertiary/aromatic N) is 2. The van der Waals surface area contributed by atoms with Crippen LogP contribution >= 0.6 is 0 Å². The summed E-state index contributed by atoms with van der Waals surface area (Å²) in [5.74, 6) is 3.42. The van der Waals surface area contributed by atoms with Crippen LogP contribution in [0.2, 0.25) is 0 Å². The number of aryl methyl sites for hydroxylation is 1. The Bertz CT molecular complexity index is 929. The molecule has 0 aliphatic carbocycles. The average molecular weight is 380 g/mol. The summed E-state index contributed by atoms with van der Waals surface area (Å²) in [6, 6.07) is 15.3. The molecule has 7 nitrogen and oxygen atoms in total. The molecule has 0 aliphatic heterocycles. The van der Waals surface area contributed by atoms with Gasteiger partial charge in [0.15, 0.2) is 0 Å². The molecule has 0 amide bonds. The Balaban J connectivity index is 1.74. The third-order valence-corrected chi connectivity index (χ3v) is 4.14. The molecule has 0 aliphatic rings. The van der Waals surface area contributed by atoms with Crippen molar-refractivity contribution in [3.63, 3.8) is 0 Å². The zero-order chi connectivity index (χ0) is 19.9. The van der Waals surface area contributed by atoms with Gasteiger partial charge in [0.25, 0.3) is 0 Å². The van der Waals surface area contributed by atoms with Crippen molar-refractivity contribution in [3.05, 3.63) is 59.8 Å². The summed E-state index contributed by atoms with van der Waals surface area (Å²) in [7, 11) is 4.88. The van der Waals surface area contributed by atoms with E-state index in [9.17, 15) is 0 Å². The fourth-order valence-corrected chi connectivity index (χ4v) is 2.67. The van der Waals surface area contributed by atoms with Gasteiger partial charge in [-0.2, -0.15) is 4.98 Å². The van der Waals surface area contributed by atoms with Crippen molar-refractivity contribution in [3.8, 4) is 17.2 Å². The van der Waals surface area contributed by atoms with E-state index in [0.717, 1.165) is 34.3 Å². The van der Waals surface area contributed by atoms with Crippen molar-refractivity contribution < 1.29 is 14.2 Å². The molecule has 3 aromatic rings. The number of rotatable bonds is 8. The van der Waals surface area contributed by atoms with Crippen LogP contribution in [0.5, 0.6) is 17.2 Å². The first-order chi connectivity index (χ1) is 13.6. The van der Waals surface area contributed by atoms with Crippen molar-refractivity contribution in [1.82, 2.24) is 9.97 Å². The third-order valence-electron chi connectivity index (χ3n) is 4.14. The minimum Gasteiger partial charge on any atom is -0.497 e. The molecule has 0 atom stereocenters. The summed E-state index contributed by atoms with van der Waals surface area (Å²) in [6.07, 6.45) is 0. The molecule has 0 saturated carbocycles. The third kappa shape index (κ3) is 4.82. The fraction of sp³-hybridized carbons (Fsp3) is 0.238. The first kappa shape index (κ1) is 19.3. The van der Waals surface area contributed by atoms with Gasteiger partial charge in [0.05, 0.1) is 27.0 Å². The zero-order valence-corrected chi connectivity index (χ0v) is 16.4. The molecule has 146 valence electrons. The van der Waals surface area contributed by atoms with E-state index in [-0.39, 0.29) is 0 Å². The van der Waals surface area contributed by atoms with Crippen molar-refractivity contribution in [1.29, 1.82) is 0 Å². The molecule has 2 aromatic carbocycles. The van der Waals surface area contributed by atoms with E-state index < -0.39 is 0 Å². The van der Waals surface area contributed by atoms with Gasteiger partial charge in [-0.05, 0) is 36.8 Å². The van der Waals surface area contributed by atoms with E-state index in [2.05, 4.69) is 20.6 Å². The average Bonchev–Trinajstić information content (AvgIpc) is 2.72. The summed E-state index contributed by atoms with van der Waals surface area (Å²) in [6.45, 7) is 2.57. The van der Waals surface area contributed by atoms with E-state index >= 15 is 0 Å². The van der Waals surface area contributed by atoms with Gasteiger partial charge < -0.3 is 24.8 Å². The maximum atomic E-state index is 5.42. The lowest BCUT2D eigenvalue weighted by Crippen LogP contribution is -2.06. The van der Waals surface area contributed by atoms with Crippen LogP contribution in [0.25, 0.3) is 0 Å². The summed E-state index contributed by atoms with van der Waals surface area (Å²) in [4.78, 5) is 9.01. The Labute approximate surface area is 164 Å². The normalized spacial score (nSPS) is 10.3. The molecule has 0 unspecified atom stereocenters. The fourth-order valence-electron chi connectivity index (χ4n) is 2.67. The molecule has 1 aromatic heterocycles. The van der Waals surface area contributed by atoms with E-state index in [1.54, 1.807) is 27.4 Å². The largest absolute Gasteiger partial charge is 0.497 e. The topological polar surface area (TPSA) is 77.5 Å². The highest BCUT2D eigenvalue weighted by atomic mass is 16.5. The van der Waals surface area contributed by atoms with Gasteiger partial charge >= 0.3 is 0 Å². The Hall–Kier alpha value is -3.48. The molecule has 0 spiro atoms. The van der Waals surface area contributed by atoms with Crippen molar-refractivity contribution in [2.75, 3.05) is 32.0 Å². The molecule has 0 bridgehead atoms. The molecular formula is C21H24N4O3. The predicted molar refractivity (Wildman–Crippen MR) is 110 cm³/mol. The molecule has 7 heteroatoms. The first-order valence-corrected chi connectivity index (χ1v) is 8.83. The molecular weight excluding hydrogens is 356 g/mol. The molecule has 2 N–H and O–H groups in total. The van der Waals surface area contributed by atoms with Crippen LogP contribution < -0.4 is 24.8 Å². The van der Waals surface area contributed by atoms with Gasteiger partial charge in [-0.3, -0.25) is 0 Å². The summed E-state index contributed by atoms with van der Waals surface area (Å²) >= 11 is 0. The number of hydrogen-bond donors (Lipinski definition) is 2. The van der Waals surface area contributed by atoms with Gasteiger partial charge in [0, 0.05) is 24.4 Å². The number of nitrogens with one attached hydrogen (secondary N) is 2. The van der Waals surface area contributed by atoms with Gasteiger partial charge in [0.2, 0.25) is 5.95 Å². The van der Waals surface area contributed by atoms with E-state index in [1.165, 1.54) is 0 Å². The van der Waals surface area contributed by atoms with Crippen molar-refractivity contribution in [2.45, 2.75) is 13.5 Å². The highest BCUT2D eigenvalue weighted by Gasteiger charge is 2.08. The van der Waals surface area contributed by atoms with Crippen molar-refractivity contribution in [2.24, 2.45) is 0 Å². The van der Waals surface area contributed by atoms with Crippen LogP contribution in [-0.2, 0) is 6.54 Å². The van der Waals surface area contributed by atoms with Crippen LogP contribution in [0.3, 0.4) is 0 Å². The second-order valence-corrected chi connectivity index (χ2v) is 6.11. The van der Waals surface area contributed by atoms with Crippen LogP contribution in [0.4, 0.5) is 17.5 Å². The lowest BCUT2D eigenvalue weighted by Gasteiger charge is -2.13. The highest BCUT2D eigenvalue weighted by molar-refractivity contribution is 5.65. The van der Waals surface area contributed by atoms with Gasteiger partial charge in [0.1, 0.15) is 23.1 Å². The lowest BCUT2D eigenvalue weighted by molar-refractivity contribution is 0.395. The number of aromatic nitrogens is 2. The SMILES string of the molecule is COc1ccc(CNc2cc(C)nc(Nc3ccc(OC)cc3OC)n2)cc1. The minimum atomic E-state index is 0.487. The molecule has 0 fully saturated rings. The van der Waals surface area contributed by atoms with Crippen LogP contribution in [0.15, 0.2) is 48.5 Å². The number of methoxy groups -OCH3 is 3. The summed E-state index contributed by atoms with van der Waals surface area (Å²) in [5, 5.41) is 6.54. The van der Waals surface area contributed by atoms with Crippen LogP contribution in [-0.4, -0.2) is 31.3 Å². The smallest absolute Gasteiger partial charge is 0.229 e. The lowest BCUT2D eigenvalue weighted by atomic mass is 10.2. The molecule has 1 heterocycles. The molecule has 3 rings (SSSR count). The Kier molecular flexibility index (Phi) is 6.16. The van der Waals surface area contributed by atoms with Gasteiger partial charge in [-0.1, -0.05) is 12.1 Å². The van der Waals surface area contributed by atoms with E-state index in [0.29, 0.717) is 18.2 Å². The van der Waals surface area contributed by atoms with E-state index in [1.807, 2.05) is 49.4 Å². The maximum absolute atomic E-state index is 5.42. The number of benzene rings is 2. The number of hydrogen-bond acceptors (Lipinski definition) is 7. The minimum absolute atomic E-state index is 0.487. The van der Waals surface area contributed by atoms with Crippen molar-refractivity contribution >= 4 is 17.5 Å². The molecule has 0 saturated heterocycles. The van der Waals surface area contributed by atoms with Crippen LogP contribution in [0.1, 0.15) is 11.3 Å². The Morgan fingerprint density at radius 1 is 0.821 bits per heavy atom. The maximum Gasteiger partial charge on any atom is 0.229 e. The second kappa shape index (κ2) is 8.94. The Morgan fingerprint density at radius 2 is 1.54 bits per heavy atom. The number of ether oxygens (including phenoxy) is 3. The monoisotopic (exact) mass is 380 g/mol. The quantitative estimate of drug-likeness (QED) is 0.607. The Morgan fingerprint density at radius 3 is 2.21 bits per heavy atom. The highest BCUT2D eigenvalue weighted by Crippen LogP contribution is 2.31. The summed E-state index contributed by atoms with van der Waals surface area (Å²) in [5.41, 5.74) is 2.74. The van der Waals surface area contributed by atoms with Gasteiger partial charge in [-0.25, -0.2) is 4.98 Å². The zero-order valence-electron chi connectivity index (χ0n) is 16.4. The van der Waals surface area contributed by atoms with Crippen LogP contribution in [0, 0.1) is 6.92 Å². The number of anilines is 3. The molecule has 0 radical (unpaired) electrons. The van der Waals surface area contributed by atoms with E-state index in [4.69, 9.17) is 14.2 Å². The molecule has 28 heavy (non-hydrogen) atoms. The standard InChI is InChI=1S/C21H24N4O3/c1-14-11-20(22-13-15-5-7-16(26-2)8-6-15)25-21(23-14)24-18-10-9-17(27-3)12-19(18)28-4/h5-12H,13H2,1-4H3,(H2,22,23,24,25). The predicted octanol–water partition coefficient (Wildman–Crippen LogP) is 4.17. The second-order valence-electron chi connectivity index (χ2n) is 6.11. The van der Waals surface area contributed by atoms with Gasteiger partial charge in [-0.15, -0.1) is 0 Å².